The maximum Gasteiger partial charge on any atom is 0.265 e. The van der Waals surface area contributed by atoms with E-state index in [1.54, 1.807) is 19.1 Å². The van der Waals surface area contributed by atoms with E-state index in [0.717, 1.165) is 5.69 Å². The fourth-order valence-corrected chi connectivity index (χ4v) is 2.80. The van der Waals surface area contributed by atoms with E-state index in [9.17, 15) is 8.42 Å². The van der Waals surface area contributed by atoms with Gasteiger partial charge in [-0.15, -0.1) is 0 Å². The van der Waals surface area contributed by atoms with Crippen molar-refractivity contribution in [3.05, 3.63) is 42.0 Å². The summed E-state index contributed by atoms with van der Waals surface area (Å²) in [7, 11) is -3.76. The Labute approximate surface area is 111 Å². The standard InChI is InChI=1S/C12H14N4O2S/c1-8-3-4-11(9(2)15-8)16-19(17,18)12-7-14-6-5-10(12)13/h3-7,16H,1-2H3,(H2,13,14). The van der Waals surface area contributed by atoms with Gasteiger partial charge in [0.15, 0.2) is 0 Å². The van der Waals surface area contributed by atoms with Gasteiger partial charge in [-0.25, -0.2) is 8.42 Å². The zero-order valence-electron chi connectivity index (χ0n) is 10.6. The number of hydrogen-bond acceptors (Lipinski definition) is 5. The van der Waals surface area contributed by atoms with Crippen molar-refractivity contribution in [1.29, 1.82) is 0 Å². The summed E-state index contributed by atoms with van der Waals surface area (Å²) in [6, 6.07) is 4.84. The van der Waals surface area contributed by atoms with Crippen molar-refractivity contribution in [3.8, 4) is 0 Å². The largest absolute Gasteiger partial charge is 0.398 e. The minimum atomic E-state index is -3.76. The molecule has 0 bridgehead atoms. The third kappa shape index (κ3) is 2.82. The van der Waals surface area contributed by atoms with Crippen LogP contribution < -0.4 is 10.5 Å². The van der Waals surface area contributed by atoms with Crippen LogP contribution in [0.15, 0.2) is 35.5 Å². The van der Waals surface area contributed by atoms with Crippen molar-refractivity contribution < 1.29 is 8.42 Å². The van der Waals surface area contributed by atoms with Crippen molar-refractivity contribution in [2.24, 2.45) is 0 Å². The summed E-state index contributed by atoms with van der Waals surface area (Å²) in [6.45, 7) is 3.57. The van der Waals surface area contributed by atoms with Gasteiger partial charge in [-0.2, -0.15) is 0 Å². The first-order chi connectivity index (χ1) is 8.90. The maximum atomic E-state index is 12.2. The fraction of sp³-hybridized carbons (Fsp3) is 0.167. The van der Waals surface area contributed by atoms with Gasteiger partial charge in [0, 0.05) is 18.1 Å². The monoisotopic (exact) mass is 278 g/mol. The average Bonchev–Trinajstić information content (AvgIpc) is 2.33. The first-order valence-electron chi connectivity index (χ1n) is 5.57. The van der Waals surface area contributed by atoms with Crippen LogP contribution in [0.1, 0.15) is 11.4 Å². The van der Waals surface area contributed by atoms with E-state index in [-0.39, 0.29) is 10.6 Å². The number of nitrogen functional groups attached to an aromatic ring is 1. The molecule has 19 heavy (non-hydrogen) atoms. The number of nitrogens with one attached hydrogen (secondary N) is 1. The minimum Gasteiger partial charge on any atom is -0.398 e. The highest BCUT2D eigenvalue weighted by Gasteiger charge is 2.18. The molecule has 0 atom stereocenters. The third-order valence-corrected chi connectivity index (χ3v) is 3.98. The van der Waals surface area contributed by atoms with Crippen LogP contribution in [-0.4, -0.2) is 18.4 Å². The lowest BCUT2D eigenvalue weighted by Crippen LogP contribution is -2.16. The van der Waals surface area contributed by atoms with E-state index >= 15 is 0 Å². The fourth-order valence-electron chi connectivity index (χ4n) is 1.61. The topological polar surface area (TPSA) is 98.0 Å². The van der Waals surface area contributed by atoms with Crippen LogP contribution in [0.5, 0.6) is 0 Å². The van der Waals surface area contributed by atoms with Crippen molar-refractivity contribution in [2.45, 2.75) is 18.7 Å². The average molecular weight is 278 g/mol. The van der Waals surface area contributed by atoms with Gasteiger partial charge in [0.25, 0.3) is 10.0 Å². The van der Waals surface area contributed by atoms with Gasteiger partial charge in [-0.05, 0) is 32.0 Å². The Morgan fingerprint density at radius 1 is 1.21 bits per heavy atom. The molecule has 0 saturated carbocycles. The molecule has 100 valence electrons. The lowest BCUT2D eigenvalue weighted by atomic mass is 10.3. The summed E-state index contributed by atoms with van der Waals surface area (Å²) < 4.78 is 26.9. The SMILES string of the molecule is Cc1ccc(NS(=O)(=O)c2cnccc2N)c(C)n1. The van der Waals surface area contributed by atoms with Crippen LogP contribution in [0, 0.1) is 13.8 Å². The molecular weight excluding hydrogens is 264 g/mol. The number of rotatable bonds is 3. The van der Waals surface area contributed by atoms with E-state index < -0.39 is 10.0 Å². The van der Waals surface area contributed by atoms with E-state index in [1.165, 1.54) is 18.5 Å². The Morgan fingerprint density at radius 3 is 2.58 bits per heavy atom. The van der Waals surface area contributed by atoms with E-state index in [0.29, 0.717) is 11.4 Å². The molecule has 2 heterocycles. The summed E-state index contributed by atoms with van der Waals surface area (Å²) in [5, 5.41) is 0. The van der Waals surface area contributed by atoms with Crippen LogP contribution in [0.2, 0.25) is 0 Å². The molecule has 0 fully saturated rings. The van der Waals surface area contributed by atoms with Gasteiger partial charge in [0.1, 0.15) is 4.90 Å². The molecule has 0 spiro atoms. The summed E-state index contributed by atoms with van der Waals surface area (Å²) in [5.74, 6) is 0. The number of nitrogens with two attached hydrogens (primary N) is 1. The molecule has 0 amide bonds. The molecule has 2 rings (SSSR count). The summed E-state index contributed by atoms with van der Waals surface area (Å²) in [6.07, 6.45) is 2.65. The van der Waals surface area contributed by atoms with Crippen molar-refractivity contribution >= 4 is 21.4 Å². The molecule has 0 aliphatic heterocycles. The van der Waals surface area contributed by atoms with Crippen LogP contribution in [-0.2, 0) is 10.0 Å². The normalized spacial score (nSPS) is 11.3. The Hall–Kier alpha value is -2.15. The minimum absolute atomic E-state index is 0.0463. The summed E-state index contributed by atoms with van der Waals surface area (Å²) >= 11 is 0. The molecule has 0 saturated heterocycles. The molecule has 0 aliphatic carbocycles. The van der Waals surface area contributed by atoms with Crippen LogP contribution >= 0.6 is 0 Å². The first-order valence-corrected chi connectivity index (χ1v) is 7.05. The van der Waals surface area contributed by atoms with Gasteiger partial charge in [0.2, 0.25) is 0 Å². The van der Waals surface area contributed by atoms with E-state index in [2.05, 4.69) is 14.7 Å². The second-order valence-electron chi connectivity index (χ2n) is 4.10. The summed E-state index contributed by atoms with van der Waals surface area (Å²) in [5.41, 5.74) is 7.65. The Morgan fingerprint density at radius 2 is 1.95 bits per heavy atom. The first kappa shape index (κ1) is 13.3. The predicted octanol–water partition coefficient (Wildman–Crippen LogP) is 1.48. The molecule has 2 aromatic rings. The molecule has 0 unspecified atom stereocenters. The molecule has 2 aromatic heterocycles. The maximum absolute atomic E-state index is 12.2. The van der Waals surface area contributed by atoms with Gasteiger partial charge >= 0.3 is 0 Å². The number of nitrogens with zero attached hydrogens (tertiary/aromatic N) is 2. The molecule has 6 nitrogen and oxygen atoms in total. The van der Waals surface area contributed by atoms with Crippen molar-refractivity contribution in [3.63, 3.8) is 0 Å². The molecule has 7 heteroatoms. The summed E-state index contributed by atoms with van der Waals surface area (Å²) in [4.78, 5) is 7.93. The highest BCUT2D eigenvalue weighted by Crippen LogP contribution is 2.21. The quantitative estimate of drug-likeness (QED) is 0.886. The lowest BCUT2D eigenvalue weighted by Gasteiger charge is -2.11. The number of aromatic nitrogens is 2. The van der Waals surface area contributed by atoms with E-state index in [4.69, 9.17) is 5.73 Å². The van der Waals surface area contributed by atoms with Crippen LogP contribution in [0.3, 0.4) is 0 Å². The molecule has 0 aliphatic rings. The Balaban J connectivity index is 2.40. The Bertz CT molecular complexity index is 713. The zero-order valence-corrected chi connectivity index (χ0v) is 11.4. The second-order valence-corrected chi connectivity index (χ2v) is 5.76. The van der Waals surface area contributed by atoms with Crippen molar-refractivity contribution in [1.82, 2.24) is 9.97 Å². The van der Waals surface area contributed by atoms with Gasteiger partial charge in [-0.1, -0.05) is 0 Å². The highest BCUT2D eigenvalue weighted by atomic mass is 32.2. The van der Waals surface area contributed by atoms with Crippen LogP contribution in [0.25, 0.3) is 0 Å². The lowest BCUT2D eigenvalue weighted by molar-refractivity contribution is 0.601. The van der Waals surface area contributed by atoms with E-state index in [1.807, 2.05) is 6.92 Å². The zero-order chi connectivity index (χ0) is 14.0. The molecular formula is C12H14N4O2S. The Kier molecular flexibility index (Phi) is 3.39. The van der Waals surface area contributed by atoms with Crippen molar-refractivity contribution in [2.75, 3.05) is 10.5 Å². The number of anilines is 2. The molecule has 0 aromatic carbocycles. The van der Waals surface area contributed by atoms with Gasteiger partial charge in [0.05, 0.1) is 17.1 Å². The molecule has 0 radical (unpaired) electrons. The smallest absolute Gasteiger partial charge is 0.265 e. The third-order valence-electron chi connectivity index (χ3n) is 2.58. The number of aryl methyl sites for hydroxylation is 2. The second kappa shape index (κ2) is 4.85. The van der Waals surface area contributed by atoms with Gasteiger partial charge in [-0.3, -0.25) is 14.7 Å². The number of pyridine rings is 2. The number of hydrogen-bond donors (Lipinski definition) is 2. The number of sulfonamides is 1. The predicted molar refractivity (Wildman–Crippen MR) is 73.2 cm³/mol. The van der Waals surface area contributed by atoms with Gasteiger partial charge < -0.3 is 5.73 Å². The molecule has 3 N–H and O–H groups in total. The highest BCUT2D eigenvalue weighted by molar-refractivity contribution is 7.92. The van der Waals surface area contributed by atoms with Crippen LogP contribution in [0.4, 0.5) is 11.4 Å².